The van der Waals surface area contributed by atoms with Gasteiger partial charge in [-0.1, -0.05) is 6.07 Å². The van der Waals surface area contributed by atoms with Crippen molar-refractivity contribution in [3.8, 4) is 0 Å². The second-order valence-electron chi connectivity index (χ2n) is 3.04. The molecule has 1 heterocycles. The summed E-state index contributed by atoms with van der Waals surface area (Å²) in [7, 11) is 0. The maximum atomic E-state index is 7.16. The van der Waals surface area contributed by atoms with Crippen LogP contribution in [0, 0.1) is 5.41 Å². The lowest BCUT2D eigenvalue weighted by Gasteiger charge is -2.21. The number of nitrogens with one attached hydrogen (secondary N) is 1. The molecule has 1 rings (SSSR count). The van der Waals surface area contributed by atoms with Crippen molar-refractivity contribution >= 4 is 11.7 Å². The molecule has 0 fully saturated rings. The molecule has 0 aliphatic carbocycles. The Bertz CT molecular complexity index is 283. The van der Waals surface area contributed by atoms with Gasteiger partial charge in [0.15, 0.2) is 0 Å². The average Bonchev–Trinajstić information content (AvgIpc) is 2.20. The van der Waals surface area contributed by atoms with Gasteiger partial charge in [0, 0.05) is 25.7 Å². The highest BCUT2D eigenvalue weighted by Crippen LogP contribution is 2.08. The maximum Gasteiger partial charge on any atom is 0.128 e. The van der Waals surface area contributed by atoms with E-state index in [9.17, 15) is 0 Å². The van der Waals surface area contributed by atoms with Crippen LogP contribution in [-0.4, -0.2) is 23.9 Å². The molecule has 0 spiro atoms. The molecule has 0 aromatic carbocycles. The van der Waals surface area contributed by atoms with Gasteiger partial charge in [-0.15, -0.1) is 0 Å². The van der Waals surface area contributed by atoms with Gasteiger partial charge in [-0.25, -0.2) is 4.98 Å². The molecule has 3 N–H and O–H groups in total. The number of pyridine rings is 1. The molecule has 14 heavy (non-hydrogen) atoms. The van der Waals surface area contributed by atoms with Crippen molar-refractivity contribution in [2.24, 2.45) is 5.73 Å². The van der Waals surface area contributed by atoms with Gasteiger partial charge in [-0.3, -0.25) is 5.41 Å². The molecule has 1 aromatic heterocycles. The second kappa shape index (κ2) is 5.21. The van der Waals surface area contributed by atoms with Crippen LogP contribution in [0.5, 0.6) is 0 Å². The smallest absolute Gasteiger partial charge is 0.128 e. The predicted molar refractivity (Wildman–Crippen MR) is 58.7 cm³/mol. The quantitative estimate of drug-likeness (QED) is 0.544. The van der Waals surface area contributed by atoms with Crippen molar-refractivity contribution in [3.05, 3.63) is 24.4 Å². The lowest BCUT2D eigenvalue weighted by atomic mass is 10.3. The van der Waals surface area contributed by atoms with Gasteiger partial charge in [0.1, 0.15) is 5.82 Å². The third kappa shape index (κ3) is 3.05. The highest BCUT2D eigenvalue weighted by atomic mass is 15.2. The number of aromatic nitrogens is 1. The van der Waals surface area contributed by atoms with Crippen LogP contribution in [0.1, 0.15) is 13.3 Å². The van der Waals surface area contributed by atoms with Gasteiger partial charge in [0.2, 0.25) is 0 Å². The van der Waals surface area contributed by atoms with Crippen LogP contribution in [0.3, 0.4) is 0 Å². The molecule has 0 saturated heterocycles. The summed E-state index contributed by atoms with van der Waals surface area (Å²) in [5.74, 6) is 1.16. The number of nitrogens with two attached hydrogens (primary N) is 1. The van der Waals surface area contributed by atoms with Crippen molar-refractivity contribution in [2.75, 3.05) is 18.0 Å². The van der Waals surface area contributed by atoms with Crippen molar-refractivity contribution in [2.45, 2.75) is 13.3 Å². The Morgan fingerprint density at radius 3 is 2.86 bits per heavy atom. The van der Waals surface area contributed by atoms with E-state index in [0.29, 0.717) is 6.42 Å². The Kier molecular flexibility index (Phi) is 3.91. The first-order valence-corrected chi connectivity index (χ1v) is 4.73. The molecule has 4 heteroatoms. The molecule has 0 bridgehead atoms. The van der Waals surface area contributed by atoms with Crippen molar-refractivity contribution in [1.29, 1.82) is 5.41 Å². The van der Waals surface area contributed by atoms with Crippen LogP contribution in [0.25, 0.3) is 0 Å². The van der Waals surface area contributed by atoms with Crippen molar-refractivity contribution < 1.29 is 0 Å². The summed E-state index contributed by atoms with van der Waals surface area (Å²) < 4.78 is 0. The first kappa shape index (κ1) is 10.5. The Balaban J connectivity index is 2.58. The van der Waals surface area contributed by atoms with Crippen LogP contribution in [0.15, 0.2) is 24.4 Å². The first-order chi connectivity index (χ1) is 6.74. The summed E-state index contributed by atoms with van der Waals surface area (Å²) >= 11 is 0. The summed E-state index contributed by atoms with van der Waals surface area (Å²) in [5, 5.41) is 7.16. The SMILES string of the molecule is CCN(CCC(=N)N)c1ccccn1. The molecular weight excluding hydrogens is 176 g/mol. The van der Waals surface area contributed by atoms with Crippen LogP contribution >= 0.6 is 0 Å². The number of anilines is 1. The van der Waals surface area contributed by atoms with Gasteiger partial charge in [0.25, 0.3) is 0 Å². The Hall–Kier alpha value is -1.58. The van der Waals surface area contributed by atoms with Crippen LogP contribution in [0.2, 0.25) is 0 Å². The highest BCUT2D eigenvalue weighted by molar-refractivity contribution is 5.77. The average molecular weight is 192 g/mol. The predicted octanol–water partition coefficient (Wildman–Crippen LogP) is 1.23. The molecule has 0 atom stereocenters. The number of amidine groups is 1. The minimum atomic E-state index is 0.222. The third-order valence-electron chi connectivity index (χ3n) is 2.01. The molecular formula is C10H16N4. The fraction of sp³-hybridized carbons (Fsp3) is 0.400. The van der Waals surface area contributed by atoms with E-state index in [-0.39, 0.29) is 5.84 Å². The van der Waals surface area contributed by atoms with E-state index >= 15 is 0 Å². The van der Waals surface area contributed by atoms with E-state index in [4.69, 9.17) is 11.1 Å². The molecule has 0 aliphatic rings. The Morgan fingerprint density at radius 1 is 1.57 bits per heavy atom. The van der Waals surface area contributed by atoms with E-state index in [1.54, 1.807) is 6.20 Å². The zero-order valence-electron chi connectivity index (χ0n) is 8.40. The van der Waals surface area contributed by atoms with Gasteiger partial charge in [0.05, 0.1) is 5.84 Å². The largest absolute Gasteiger partial charge is 0.388 e. The summed E-state index contributed by atoms with van der Waals surface area (Å²) in [4.78, 5) is 6.34. The van der Waals surface area contributed by atoms with E-state index in [1.807, 2.05) is 18.2 Å². The monoisotopic (exact) mass is 192 g/mol. The molecule has 0 amide bonds. The maximum absolute atomic E-state index is 7.16. The summed E-state index contributed by atoms with van der Waals surface area (Å²) in [6.45, 7) is 3.70. The van der Waals surface area contributed by atoms with E-state index < -0.39 is 0 Å². The third-order valence-corrected chi connectivity index (χ3v) is 2.01. The lowest BCUT2D eigenvalue weighted by molar-refractivity contribution is 0.815. The minimum absolute atomic E-state index is 0.222. The summed E-state index contributed by atoms with van der Waals surface area (Å²) in [6.07, 6.45) is 2.36. The first-order valence-electron chi connectivity index (χ1n) is 4.73. The number of hydrogen-bond acceptors (Lipinski definition) is 3. The highest BCUT2D eigenvalue weighted by Gasteiger charge is 2.04. The minimum Gasteiger partial charge on any atom is -0.388 e. The van der Waals surface area contributed by atoms with E-state index in [2.05, 4.69) is 16.8 Å². The molecule has 0 unspecified atom stereocenters. The Labute approximate surface area is 84.3 Å². The van der Waals surface area contributed by atoms with Crippen LogP contribution in [-0.2, 0) is 0 Å². The number of nitrogens with zero attached hydrogens (tertiary/aromatic N) is 2. The van der Waals surface area contributed by atoms with Gasteiger partial charge in [-0.05, 0) is 19.1 Å². The van der Waals surface area contributed by atoms with Crippen molar-refractivity contribution in [3.63, 3.8) is 0 Å². The molecule has 0 aliphatic heterocycles. The van der Waals surface area contributed by atoms with E-state index in [1.165, 1.54) is 0 Å². The van der Waals surface area contributed by atoms with E-state index in [0.717, 1.165) is 18.9 Å². The second-order valence-corrected chi connectivity index (χ2v) is 3.04. The lowest BCUT2D eigenvalue weighted by Crippen LogP contribution is -2.28. The molecule has 4 nitrogen and oxygen atoms in total. The van der Waals surface area contributed by atoms with Gasteiger partial charge in [-0.2, -0.15) is 0 Å². The standard InChI is InChI=1S/C10H16N4/c1-2-14(8-6-9(11)12)10-5-3-4-7-13-10/h3-5,7H,2,6,8H2,1H3,(H3,11,12). The van der Waals surface area contributed by atoms with Gasteiger partial charge >= 0.3 is 0 Å². The normalized spacial score (nSPS) is 9.79. The Morgan fingerprint density at radius 2 is 2.36 bits per heavy atom. The summed E-state index contributed by atoms with van der Waals surface area (Å²) in [5.41, 5.74) is 5.31. The zero-order valence-corrected chi connectivity index (χ0v) is 8.40. The molecule has 0 saturated carbocycles. The summed E-state index contributed by atoms with van der Waals surface area (Å²) in [6, 6.07) is 5.81. The topological polar surface area (TPSA) is 66.0 Å². The van der Waals surface area contributed by atoms with Crippen LogP contribution < -0.4 is 10.6 Å². The number of hydrogen-bond donors (Lipinski definition) is 2. The fourth-order valence-corrected chi connectivity index (χ4v) is 1.23. The fourth-order valence-electron chi connectivity index (χ4n) is 1.23. The molecule has 0 radical (unpaired) electrons. The van der Waals surface area contributed by atoms with Crippen LogP contribution in [0.4, 0.5) is 5.82 Å². The molecule has 1 aromatic rings. The van der Waals surface area contributed by atoms with Crippen molar-refractivity contribution in [1.82, 2.24) is 4.98 Å². The molecule has 76 valence electrons. The zero-order chi connectivity index (χ0) is 10.4. The van der Waals surface area contributed by atoms with Gasteiger partial charge < -0.3 is 10.6 Å². The number of rotatable bonds is 5.